The van der Waals surface area contributed by atoms with E-state index >= 15 is 0 Å². The highest BCUT2D eigenvalue weighted by Crippen LogP contribution is 2.28. The monoisotopic (exact) mass is 253 g/mol. The van der Waals surface area contributed by atoms with Crippen LogP contribution in [-0.2, 0) is 11.2 Å². The Labute approximate surface area is 106 Å². The molecule has 0 radical (unpaired) electrons. The average molecular weight is 254 g/mol. The van der Waals surface area contributed by atoms with Crippen LogP contribution in [0.3, 0.4) is 0 Å². The molecule has 1 atom stereocenters. The molecule has 0 saturated carbocycles. The molecule has 4 heteroatoms. The van der Waals surface area contributed by atoms with E-state index in [2.05, 4.69) is 30.0 Å². The zero-order valence-electron chi connectivity index (χ0n) is 9.82. The predicted molar refractivity (Wildman–Crippen MR) is 69.0 cm³/mol. The van der Waals surface area contributed by atoms with Crippen LogP contribution in [0.15, 0.2) is 18.2 Å². The van der Waals surface area contributed by atoms with Gasteiger partial charge in [-0.2, -0.15) is 0 Å². The summed E-state index contributed by atoms with van der Waals surface area (Å²) in [6, 6.07) is 6.29. The summed E-state index contributed by atoms with van der Waals surface area (Å²) in [6.45, 7) is 3.32. The fourth-order valence-corrected chi connectivity index (χ4v) is 2.43. The van der Waals surface area contributed by atoms with E-state index in [4.69, 9.17) is 16.7 Å². The number of alkyl halides is 1. The quantitative estimate of drug-likeness (QED) is 0.842. The molecule has 1 N–H and O–H groups in total. The maximum atomic E-state index is 10.8. The van der Waals surface area contributed by atoms with Crippen molar-refractivity contribution in [3.05, 3.63) is 29.3 Å². The third kappa shape index (κ3) is 2.72. The Kier molecular flexibility index (Phi) is 3.57. The maximum absolute atomic E-state index is 10.8. The van der Waals surface area contributed by atoms with Crippen LogP contribution in [0, 0.1) is 6.92 Å². The number of carboxylic acids is 1. The van der Waals surface area contributed by atoms with Crippen LogP contribution in [0.5, 0.6) is 0 Å². The van der Waals surface area contributed by atoms with Crippen molar-refractivity contribution in [2.45, 2.75) is 25.1 Å². The van der Waals surface area contributed by atoms with E-state index < -0.39 is 11.3 Å². The van der Waals surface area contributed by atoms with E-state index in [1.165, 1.54) is 11.1 Å². The molecule has 1 aromatic carbocycles. The van der Waals surface area contributed by atoms with E-state index in [9.17, 15) is 4.79 Å². The number of benzene rings is 1. The summed E-state index contributed by atoms with van der Waals surface area (Å²) in [4.78, 5) is 12.9. The van der Waals surface area contributed by atoms with Crippen molar-refractivity contribution < 1.29 is 9.90 Å². The summed E-state index contributed by atoms with van der Waals surface area (Å²) in [7, 11) is 0. The van der Waals surface area contributed by atoms with Crippen LogP contribution >= 0.6 is 11.6 Å². The molecular formula is C13H16ClNO2. The molecule has 1 aliphatic heterocycles. The third-order valence-electron chi connectivity index (χ3n) is 3.10. The lowest BCUT2D eigenvalue weighted by atomic mass is 9.99. The summed E-state index contributed by atoms with van der Waals surface area (Å²) in [5, 5.41) is 8.00. The van der Waals surface area contributed by atoms with Crippen LogP contribution in [-0.4, -0.2) is 29.5 Å². The van der Waals surface area contributed by atoms with E-state index in [0.29, 0.717) is 6.54 Å². The molecule has 3 nitrogen and oxygen atoms in total. The smallest absolute Gasteiger partial charge is 0.323 e. The van der Waals surface area contributed by atoms with Crippen molar-refractivity contribution in [1.82, 2.24) is 0 Å². The van der Waals surface area contributed by atoms with Crippen molar-refractivity contribution in [3.8, 4) is 0 Å². The number of aryl methyl sites for hydroxylation is 2. The van der Waals surface area contributed by atoms with Crippen LogP contribution in [0.1, 0.15) is 17.5 Å². The lowest BCUT2D eigenvalue weighted by molar-refractivity contribution is -0.136. The first kappa shape index (κ1) is 12.2. The van der Waals surface area contributed by atoms with Gasteiger partial charge in [0.2, 0.25) is 0 Å². The van der Waals surface area contributed by atoms with Gasteiger partial charge in [-0.3, -0.25) is 4.79 Å². The van der Waals surface area contributed by atoms with E-state index in [-0.39, 0.29) is 0 Å². The van der Waals surface area contributed by atoms with Gasteiger partial charge in [-0.25, -0.2) is 0 Å². The van der Waals surface area contributed by atoms with E-state index in [0.717, 1.165) is 25.1 Å². The Morgan fingerprint density at radius 3 is 3.06 bits per heavy atom. The van der Waals surface area contributed by atoms with Gasteiger partial charge in [0.25, 0.3) is 0 Å². The van der Waals surface area contributed by atoms with Gasteiger partial charge < -0.3 is 10.0 Å². The first-order valence-corrected chi connectivity index (χ1v) is 6.23. The Morgan fingerprint density at radius 2 is 2.35 bits per heavy atom. The number of anilines is 1. The number of fused-ring (bicyclic) bond motifs is 1. The second-order valence-electron chi connectivity index (χ2n) is 4.49. The topological polar surface area (TPSA) is 40.5 Å². The molecule has 1 aliphatic rings. The zero-order valence-corrected chi connectivity index (χ0v) is 10.6. The van der Waals surface area contributed by atoms with Crippen molar-refractivity contribution >= 4 is 23.3 Å². The molecule has 92 valence electrons. The van der Waals surface area contributed by atoms with Crippen molar-refractivity contribution in [2.75, 3.05) is 18.0 Å². The van der Waals surface area contributed by atoms with Gasteiger partial charge in [0.1, 0.15) is 5.38 Å². The summed E-state index contributed by atoms with van der Waals surface area (Å²) >= 11 is 5.81. The Hall–Kier alpha value is -1.22. The summed E-state index contributed by atoms with van der Waals surface area (Å²) in [6.07, 6.45) is 2.12. The summed E-state index contributed by atoms with van der Waals surface area (Å²) in [5.41, 5.74) is 3.67. The van der Waals surface area contributed by atoms with Crippen LogP contribution in [0.4, 0.5) is 5.69 Å². The van der Waals surface area contributed by atoms with Crippen molar-refractivity contribution in [3.63, 3.8) is 0 Å². The Morgan fingerprint density at radius 1 is 1.59 bits per heavy atom. The highest BCUT2D eigenvalue weighted by molar-refractivity contribution is 6.30. The van der Waals surface area contributed by atoms with Crippen LogP contribution in [0.2, 0.25) is 0 Å². The molecule has 1 heterocycles. The number of nitrogens with zero attached hydrogens (tertiary/aromatic N) is 1. The van der Waals surface area contributed by atoms with Gasteiger partial charge in [0, 0.05) is 18.8 Å². The lowest BCUT2D eigenvalue weighted by Crippen LogP contribution is -2.37. The van der Waals surface area contributed by atoms with Gasteiger partial charge in [-0.1, -0.05) is 17.7 Å². The van der Waals surface area contributed by atoms with E-state index in [1.807, 2.05) is 0 Å². The fraction of sp³-hybridized carbons (Fsp3) is 0.462. The van der Waals surface area contributed by atoms with Crippen LogP contribution < -0.4 is 4.90 Å². The number of aliphatic carboxylic acids is 1. The fourth-order valence-electron chi connectivity index (χ4n) is 2.27. The number of carboxylic acid groups (broad SMARTS) is 1. The molecule has 17 heavy (non-hydrogen) atoms. The lowest BCUT2D eigenvalue weighted by Gasteiger charge is -2.32. The van der Waals surface area contributed by atoms with Gasteiger partial charge in [0.05, 0.1) is 0 Å². The highest BCUT2D eigenvalue weighted by atomic mass is 35.5. The highest BCUT2D eigenvalue weighted by Gasteiger charge is 2.22. The third-order valence-corrected chi connectivity index (χ3v) is 3.42. The molecule has 2 rings (SSSR count). The second kappa shape index (κ2) is 4.96. The largest absolute Gasteiger partial charge is 0.480 e. The molecule has 0 aliphatic carbocycles. The molecule has 0 aromatic heterocycles. The Balaban J connectivity index is 2.20. The molecule has 1 unspecified atom stereocenters. The maximum Gasteiger partial charge on any atom is 0.323 e. The number of rotatable bonds is 3. The molecule has 1 aromatic rings. The zero-order chi connectivity index (χ0) is 12.4. The molecule has 0 bridgehead atoms. The standard InChI is InChI=1S/C13H16ClNO2/c1-9-4-5-12-10(7-9)3-2-6-15(12)8-11(14)13(16)17/h4-5,7,11H,2-3,6,8H2,1H3,(H,16,17). The summed E-state index contributed by atoms with van der Waals surface area (Å²) < 4.78 is 0. The summed E-state index contributed by atoms with van der Waals surface area (Å²) in [5.74, 6) is -0.953. The first-order valence-electron chi connectivity index (χ1n) is 5.79. The van der Waals surface area contributed by atoms with E-state index in [1.54, 1.807) is 0 Å². The van der Waals surface area contributed by atoms with Gasteiger partial charge in [0.15, 0.2) is 0 Å². The normalized spacial score (nSPS) is 16.5. The minimum atomic E-state index is -0.953. The number of hydrogen-bond acceptors (Lipinski definition) is 2. The molecule has 0 saturated heterocycles. The van der Waals surface area contributed by atoms with Gasteiger partial charge >= 0.3 is 5.97 Å². The molecule has 0 amide bonds. The van der Waals surface area contributed by atoms with Crippen molar-refractivity contribution in [2.24, 2.45) is 0 Å². The van der Waals surface area contributed by atoms with Crippen LogP contribution in [0.25, 0.3) is 0 Å². The average Bonchev–Trinajstić information content (AvgIpc) is 2.28. The number of carbonyl (C=O) groups is 1. The second-order valence-corrected chi connectivity index (χ2v) is 5.01. The Bertz CT molecular complexity index is 433. The first-order chi connectivity index (χ1) is 8.08. The SMILES string of the molecule is Cc1ccc2c(c1)CCCN2CC(Cl)C(=O)O. The predicted octanol–water partition coefficient (Wildman–Crippen LogP) is 2.44. The molecule has 0 fully saturated rings. The molecule has 0 spiro atoms. The van der Waals surface area contributed by atoms with Crippen molar-refractivity contribution in [1.29, 1.82) is 0 Å². The minimum Gasteiger partial charge on any atom is -0.480 e. The minimum absolute atomic E-state index is 0.368. The molecular weight excluding hydrogens is 238 g/mol. The number of halogens is 1. The van der Waals surface area contributed by atoms with Gasteiger partial charge in [-0.15, -0.1) is 11.6 Å². The number of hydrogen-bond donors (Lipinski definition) is 1. The van der Waals surface area contributed by atoms with Gasteiger partial charge in [-0.05, 0) is 31.4 Å².